The van der Waals surface area contributed by atoms with Crippen molar-refractivity contribution in [2.24, 2.45) is 5.92 Å². The number of aryl methyl sites for hydroxylation is 1. The van der Waals surface area contributed by atoms with E-state index in [0.717, 1.165) is 5.01 Å². The Morgan fingerprint density at radius 2 is 1.93 bits per heavy atom. The van der Waals surface area contributed by atoms with Gasteiger partial charge in [0, 0.05) is 19.0 Å². The van der Waals surface area contributed by atoms with Crippen molar-refractivity contribution in [1.29, 1.82) is 0 Å². The van der Waals surface area contributed by atoms with Crippen LogP contribution in [0, 0.1) is 12.8 Å². The van der Waals surface area contributed by atoms with Crippen molar-refractivity contribution in [2.45, 2.75) is 25.9 Å². The van der Waals surface area contributed by atoms with Crippen molar-refractivity contribution in [3.8, 4) is 0 Å². The Morgan fingerprint density at radius 3 is 2.57 bits per heavy atom. The highest BCUT2D eigenvalue weighted by atomic mass is 32.1. The number of halogens is 3. The molecule has 1 N–H and O–H groups in total. The van der Waals surface area contributed by atoms with Crippen molar-refractivity contribution in [1.82, 2.24) is 30.0 Å². The molecular formula is C15H15F3N8OS. The number of aromatic nitrogens is 6. The second kappa shape index (κ2) is 6.96. The quantitative estimate of drug-likeness (QED) is 0.703. The molecule has 9 nitrogen and oxygen atoms in total. The van der Waals surface area contributed by atoms with Crippen molar-refractivity contribution >= 4 is 33.8 Å². The third-order valence-corrected chi connectivity index (χ3v) is 5.20. The van der Waals surface area contributed by atoms with Crippen molar-refractivity contribution < 1.29 is 18.0 Å². The average molecular weight is 412 g/mol. The summed E-state index contributed by atoms with van der Waals surface area (Å²) in [4.78, 5) is 14.2. The smallest absolute Gasteiger partial charge is 0.355 e. The van der Waals surface area contributed by atoms with E-state index in [4.69, 9.17) is 0 Å². The Balaban J connectivity index is 1.44. The second-order valence-electron chi connectivity index (χ2n) is 6.36. The predicted molar refractivity (Wildman–Crippen MR) is 94.0 cm³/mol. The van der Waals surface area contributed by atoms with Gasteiger partial charge >= 0.3 is 6.18 Å². The number of hydrogen-bond donors (Lipinski definition) is 1. The molecule has 0 unspecified atom stereocenters. The van der Waals surface area contributed by atoms with Gasteiger partial charge in [0.1, 0.15) is 10.8 Å². The molecule has 1 amide bonds. The van der Waals surface area contributed by atoms with Crippen molar-refractivity contribution in [3.05, 3.63) is 23.0 Å². The summed E-state index contributed by atoms with van der Waals surface area (Å²) >= 11 is 1.30. The van der Waals surface area contributed by atoms with E-state index in [-0.39, 0.29) is 17.5 Å². The molecule has 4 heterocycles. The zero-order valence-electron chi connectivity index (χ0n) is 14.6. The van der Waals surface area contributed by atoms with Crippen LogP contribution in [0.15, 0.2) is 12.1 Å². The summed E-state index contributed by atoms with van der Waals surface area (Å²) in [5, 5.41) is 22.4. The maximum atomic E-state index is 13.0. The maximum Gasteiger partial charge on any atom is 0.453 e. The highest BCUT2D eigenvalue weighted by Crippen LogP contribution is 2.29. The Kier molecular flexibility index (Phi) is 4.61. The normalized spacial score (nSPS) is 15.9. The minimum absolute atomic E-state index is 0.0256. The number of nitrogens with zero attached hydrogens (tertiary/aromatic N) is 7. The third-order valence-electron chi connectivity index (χ3n) is 4.45. The van der Waals surface area contributed by atoms with E-state index in [1.54, 1.807) is 13.0 Å². The first-order valence-electron chi connectivity index (χ1n) is 8.47. The molecule has 1 aliphatic rings. The number of rotatable bonds is 3. The molecule has 0 aromatic carbocycles. The van der Waals surface area contributed by atoms with Gasteiger partial charge in [0.25, 0.3) is 5.82 Å². The molecule has 13 heteroatoms. The van der Waals surface area contributed by atoms with Crippen LogP contribution in [0.3, 0.4) is 0 Å². The van der Waals surface area contributed by atoms with Gasteiger partial charge in [-0.2, -0.15) is 17.7 Å². The number of alkyl halides is 3. The monoisotopic (exact) mass is 412 g/mol. The van der Waals surface area contributed by atoms with E-state index in [0.29, 0.717) is 41.4 Å². The van der Waals surface area contributed by atoms with Gasteiger partial charge in [-0.1, -0.05) is 11.3 Å². The van der Waals surface area contributed by atoms with Crippen LogP contribution in [0.4, 0.5) is 24.1 Å². The molecule has 148 valence electrons. The molecule has 0 aliphatic carbocycles. The summed E-state index contributed by atoms with van der Waals surface area (Å²) in [5.41, 5.74) is 0.0256. The first-order valence-corrected chi connectivity index (χ1v) is 9.28. The molecule has 4 rings (SSSR count). The number of carbonyl (C=O) groups excluding carboxylic acids is 1. The number of hydrogen-bond acceptors (Lipinski definition) is 8. The second-order valence-corrected chi connectivity index (χ2v) is 7.54. The highest BCUT2D eigenvalue weighted by Gasteiger charge is 2.38. The fourth-order valence-corrected chi connectivity index (χ4v) is 3.64. The minimum Gasteiger partial charge on any atom is -0.355 e. The molecule has 3 aromatic rings. The average Bonchev–Trinajstić information content (AvgIpc) is 3.27. The molecule has 0 saturated carbocycles. The molecule has 1 fully saturated rings. The zero-order valence-corrected chi connectivity index (χ0v) is 15.5. The maximum absolute atomic E-state index is 13.0. The van der Waals surface area contributed by atoms with E-state index in [1.807, 2.05) is 4.90 Å². The Bertz CT molecular complexity index is 1010. The number of amides is 1. The summed E-state index contributed by atoms with van der Waals surface area (Å²) in [7, 11) is 0. The van der Waals surface area contributed by atoms with Crippen LogP contribution in [0.1, 0.15) is 23.7 Å². The first-order chi connectivity index (χ1) is 13.3. The van der Waals surface area contributed by atoms with Gasteiger partial charge in [-0.3, -0.25) is 4.79 Å². The van der Waals surface area contributed by atoms with Crippen LogP contribution in [0.25, 0.3) is 5.65 Å². The Labute approximate surface area is 160 Å². The zero-order chi connectivity index (χ0) is 19.9. The number of carbonyl (C=O) groups is 1. The molecule has 0 radical (unpaired) electrons. The van der Waals surface area contributed by atoms with Gasteiger partial charge in [0.15, 0.2) is 5.65 Å². The predicted octanol–water partition coefficient (Wildman–Crippen LogP) is 2.16. The van der Waals surface area contributed by atoms with Crippen LogP contribution < -0.4 is 10.2 Å². The molecule has 0 bridgehead atoms. The molecule has 1 saturated heterocycles. The van der Waals surface area contributed by atoms with Gasteiger partial charge in [-0.05, 0) is 31.9 Å². The van der Waals surface area contributed by atoms with Crippen LogP contribution in [-0.2, 0) is 11.0 Å². The summed E-state index contributed by atoms with van der Waals surface area (Å²) < 4.78 is 39.7. The lowest BCUT2D eigenvalue weighted by Crippen LogP contribution is -2.38. The number of nitrogens with one attached hydrogen (secondary N) is 1. The summed E-state index contributed by atoms with van der Waals surface area (Å²) in [6.45, 7) is 2.79. The first kappa shape index (κ1) is 18.5. The lowest BCUT2D eigenvalue weighted by molar-refractivity contribution is -0.146. The van der Waals surface area contributed by atoms with E-state index in [9.17, 15) is 18.0 Å². The highest BCUT2D eigenvalue weighted by molar-refractivity contribution is 7.15. The number of piperidine rings is 1. The Morgan fingerprint density at radius 1 is 1.18 bits per heavy atom. The van der Waals surface area contributed by atoms with E-state index in [2.05, 4.69) is 30.8 Å². The number of anilines is 2. The minimum atomic E-state index is -4.64. The van der Waals surface area contributed by atoms with Gasteiger partial charge in [-0.15, -0.1) is 25.5 Å². The van der Waals surface area contributed by atoms with Crippen LogP contribution in [0.5, 0.6) is 0 Å². The van der Waals surface area contributed by atoms with E-state index >= 15 is 0 Å². The summed E-state index contributed by atoms with van der Waals surface area (Å²) in [6, 6.07) is 3.05. The molecule has 0 spiro atoms. The largest absolute Gasteiger partial charge is 0.453 e. The van der Waals surface area contributed by atoms with Gasteiger partial charge in [0.05, 0.1) is 0 Å². The molecule has 28 heavy (non-hydrogen) atoms. The summed E-state index contributed by atoms with van der Waals surface area (Å²) in [6.07, 6.45) is -3.53. The lowest BCUT2D eigenvalue weighted by atomic mass is 9.96. The standard InChI is InChI=1S/C15H15F3N8OS/c1-8-20-23-14(28-8)19-12(27)9-4-6-25(7-5-9)11-3-2-10-21-22-13(15(16,17)18)26(10)24-11/h2-3,9H,4-7H2,1H3,(H,19,23,27). The molecule has 1 aliphatic heterocycles. The van der Waals surface area contributed by atoms with E-state index < -0.39 is 12.0 Å². The SMILES string of the molecule is Cc1nnc(NC(=O)C2CCN(c3ccc4nnc(C(F)(F)F)n4n3)CC2)s1. The number of fused-ring (bicyclic) bond motifs is 1. The third kappa shape index (κ3) is 3.61. The van der Waals surface area contributed by atoms with Gasteiger partial charge in [-0.25, -0.2) is 0 Å². The van der Waals surface area contributed by atoms with E-state index in [1.165, 1.54) is 17.4 Å². The Hall–Kier alpha value is -2.83. The molecular weight excluding hydrogens is 397 g/mol. The van der Waals surface area contributed by atoms with Gasteiger partial charge in [0.2, 0.25) is 11.0 Å². The molecule has 0 atom stereocenters. The van der Waals surface area contributed by atoms with Crippen molar-refractivity contribution in [3.63, 3.8) is 0 Å². The molecule has 3 aromatic heterocycles. The van der Waals surface area contributed by atoms with Gasteiger partial charge < -0.3 is 10.2 Å². The lowest BCUT2D eigenvalue weighted by Gasteiger charge is -2.31. The fourth-order valence-electron chi connectivity index (χ4n) is 3.05. The van der Waals surface area contributed by atoms with Crippen LogP contribution >= 0.6 is 11.3 Å². The van der Waals surface area contributed by atoms with Crippen molar-refractivity contribution in [2.75, 3.05) is 23.3 Å². The summed E-state index contributed by atoms with van der Waals surface area (Å²) in [5.74, 6) is -1.11. The van der Waals surface area contributed by atoms with Crippen LogP contribution in [0.2, 0.25) is 0 Å². The van der Waals surface area contributed by atoms with Crippen LogP contribution in [-0.4, -0.2) is 49.0 Å². The fraction of sp³-hybridized carbons (Fsp3) is 0.467. The topological polar surface area (TPSA) is 101 Å².